The Balaban J connectivity index is 3.08. The van der Waals surface area contributed by atoms with Gasteiger partial charge in [-0.15, -0.1) is 0 Å². The van der Waals surface area contributed by atoms with Crippen molar-refractivity contribution in [2.24, 2.45) is 0 Å². The summed E-state index contributed by atoms with van der Waals surface area (Å²) in [6.45, 7) is 1.17. The van der Waals surface area contributed by atoms with Gasteiger partial charge in [0.05, 0.1) is 6.10 Å². The predicted octanol–water partition coefficient (Wildman–Crippen LogP) is -2.28. The van der Waals surface area contributed by atoms with Crippen LogP contribution in [0.5, 0.6) is 0 Å². The molecular formula is C7H11N3O5S. The molecule has 1 rings (SSSR count). The van der Waals surface area contributed by atoms with Crippen LogP contribution in [-0.4, -0.2) is 36.1 Å². The molecule has 8 nitrogen and oxygen atoms in total. The highest BCUT2D eigenvalue weighted by Crippen LogP contribution is 1.97. The summed E-state index contributed by atoms with van der Waals surface area (Å²) in [5.74, 6) is 0. The Bertz CT molecular complexity index is 570. The first-order valence-corrected chi connectivity index (χ1v) is 5.81. The van der Waals surface area contributed by atoms with E-state index in [4.69, 9.17) is 5.11 Å². The van der Waals surface area contributed by atoms with Gasteiger partial charge in [-0.05, 0) is 6.92 Å². The molecule has 4 N–H and O–H groups in total. The fourth-order valence-corrected chi connectivity index (χ4v) is 2.03. The van der Waals surface area contributed by atoms with E-state index in [9.17, 15) is 18.0 Å². The summed E-state index contributed by atoms with van der Waals surface area (Å²) < 4.78 is 25.0. The van der Waals surface area contributed by atoms with Crippen LogP contribution in [0.4, 0.5) is 0 Å². The summed E-state index contributed by atoms with van der Waals surface area (Å²) in [5, 5.41) is 8.91. The number of aliphatic hydroxyl groups is 1. The standard InChI is InChI=1S/C7H11N3O5S/c1-4(11)2-9-16(14,15)5-3-8-7(13)10-6(5)12/h3-4,9,11H,2H2,1H3,(H2,8,10,12,13)/t4-/m1/s1. The van der Waals surface area contributed by atoms with Gasteiger partial charge in [-0.25, -0.2) is 17.9 Å². The van der Waals surface area contributed by atoms with Crippen LogP contribution in [0.25, 0.3) is 0 Å². The normalized spacial score (nSPS) is 13.6. The molecule has 0 unspecified atom stereocenters. The highest BCUT2D eigenvalue weighted by Gasteiger charge is 2.18. The third-order valence-corrected chi connectivity index (χ3v) is 3.07. The Kier molecular flexibility index (Phi) is 3.62. The molecule has 0 saturated heterocycles. The highest BCUT2D eigenvalue weighted by atomic mass is 32.2. The first-order valence-electron chi connectivity index (χ1n) is 4.32. The molecule has 90 valence electrons. The van der Waals surface area contributed by atoms with Crippen molar-refractivity contribution in [2.45, 2.75) is 17.9 Å². The number of hydrogen-bond acceptors (Lipinski definition) is 5. The Labute approximate surface area is 90.4 Å². The van der Waals surface area contributed by atoms with E-state index in [1.54, 1.807) is 4.98 Å². The Morgan fingerprint density at radius 1 is 1.50 bits per heavy atom. The maximum absolute atomic E-state index is 11.5. The van der Waals surface area contributed by atoms with Crippen LogP contribution >= 0.6 is 0 Å². The van der Waals surface area contributed by atoms with Crippen molar-refractivity contribution in [3.05, 3.63) is 27.0 Å². The smallest absolute Gasteiger partial charge is 0.325 e. The first kappa shape index (κ1) is 12.6. The van der Waals surface area contributed by atoms with E-state index in [1.807, 2.05) is 9.71 Å². The van der Waals surface area contributed by atoms with Gasteiger partial charge < -0.3 is 10.1 Å². The van der Waals surface area contributed by atoms with E-state index >= 15 is 0 Å². The van der Waals surface area contributed by atoms with E-state index in [2.05, 4.69) is 0 Å². The van der Waals surface area contributed by atoms with Gasteiger partial charge in [-0.1, -0.05) is 0 Å². The van der Waals surface area contributed by atoms with Crippen molar-refractivity contribution < 1.29 is 13.5 Å². The fourth-order valence-electron chi connectivity index (χ4n) is 0.905. The summed E-state index contributed by atoms with van der Waals surface area (Å²) in [5.41, 5.74) is -1.80. The van der Waals surface area contributed by atoms with Crippen LogP contribution < -0.4 is 16.0 Å². The average Bonchev–Trinajstić information content (AvgIpc) is 2.14. The monoisotopic (exact) mass is 249 g/mol. The highest BCUT2D eigenvalue weighted by molar-refractivity contribution is 7.89. The van der Waals surface area contributed by atoms with Gasteiger partial charge in [0.1, 0.15) is 0 Å². The summed E-state index contributed by atoms with van der Waals surface area (Å²) in [6, 6.07) is 0. The SMILES string of the molecule is C[C@@H](O)CNS(=O)(=O)c1c[nH]c(=O)[nH]c1=O. The molecule has 1 aromatic rings. The van der Waals surface area contributed by atoms with Gasteiger partial charge in [0.15, 0.2) is 4.90 Å². The largest absolute Gasteiger partial charge is 0.392 e. The Morgan fingerprint density at radius 2 is 2.12 bits per heavy atom. The van der Waals surface area contributed by atoms with Crippen LogP contribution in [0.3, 0.4) is 0 Å². The molecule has 1 aromatic heterocycles. The molecule has 9 heteroatoms. The van der Waals surface area contributed by atoms with E-state index in [-0.39, 0.29) is 6.54 Å². The van der Waals surface area contributed by atoms with Crippen LogP contribution in [-0.2, 0) is 10.0 Å². The van der Waals surface area contributed by atoms with Gasteiger partial charge in [0.25, 0.3) is 5.56 Å². The lowest BCUT2D eigenvalue weighted by atomic mass is 10.4. The molecule has 0 fully saturated rings. The molecule has 0 aliphatic heterocycles. The van der Waals surface area contributed by atoms with Gasteiger partial charge in [-0.3, -0.25) is 9.78 Å². The maximum atomic E-state index is 11.5. The zero-order chi connectivity index (χ0) is 12.3. The molecule has 0 aromatic carbocycles. The van der Waals surface area contributed by atoms with Crippen molar-refractivity contribution in [2.75, 3.05) is 6.54 Å². The third kappa shape index (κ3) is 3.02. The number of aromatic amines is 2. The lowest BCUT2D eigenvalue weighted by Crippen LogP contribution is -2.36. The molecule has 0 radical (unpaired) electrons. The second-order valence-electron chi connectivity index (χ2n) is 3.14. The fraction of sp³-hybridized carbons (Fsp3) is 0.429. The minimum atomic E-state index is -4.03. The first-order chi connectivity index (χ1) is 7.33. The second-order valence-corrected chi connectivity index (χ2v) is 4.87. The van der Waals surface area contributed by atoms with Gasteiger partial charge >= 0.3 is 5.69 Å². The molecule has 0 amide bonds. The van der Waals surface area contributed by atoms with Crippen molar-refractivity contribution in [3.63, 3.8) is 0 Å². The third-order valence-electron chi connectivity index (χ3n) is 1.64. The van der Waals surface area contributed by atoms with E-state index in [1.165, 1.54) is 6.92 Å². The van der Waals surface area contributed by atoms with E-state index < -0.39 is 32.3 Å². The summed E-state index contributed by atoms with van der Waals surface area (Å²) in [7, 11) is -4.03. The van der Waals surface area contributed by atoms with Crippen molar-refractivity contribution in [1.82, 2.24) is 14.7 Å². The van der Waals surface area contributed by atoms with Crippen molar-refractivity contribution in [1.29, 1.82) is 0 Å². The molecule has 0 spiro atoms. The second kappa shape index (κ2) is 4.60. The van der Waals surface area contributed by atoms with Gasteiger partial charge in [-0.2, -0.15) is 0 Å². The zero-order valence-corrected chi connectivity index (χ0v) is 9.17. The van der Waals surface area contributed by atoms with Crippen molar-refractivity contribution >= 4 is 10.0 Å². The van der Waals surface area contributed by atoms with E-state index in [0.29, 0.717) is 0 Å². The zero-order valence-electron chi connectivity index (χ0n) is 8.35. The number of rotatable bonds is 4. The Hall–Kier alpha value is -1.45. The number of nitrogens with one attached hydrogen (secondary N) is 3. The summed E-state index contributed by atoms with van der Waals surface area (Å²) >= 11 is 0. The van der Waals surface area contributed by atoms with Gasteiger partial charge in [0, 0.05) is 12.7 Å². The topological polar surface area (TPSA) is 132 Å². The van der Waals surface area contributed by atoms with Crippen LogP contribution in [0, 0.1) is 0 Å². The minimum absolute atomic E-state index is 0.221. The lowest BCUT2D eigenvalue weighted by molar-refractivity contribution is 0.198. The molecule has 1 heterocycles. The number of aromatic nitrogens is 2. The summed E-state index contributed by atoms with van der Waals surface area (Å²) in [6.07, 6.45) is -0.0810. The molecule has 0 aliphatic rings. The minimum Gasteiger partial charge on any atom is -0.392 e. The molecule has 0 bridgehead atoms. The quantitative estimate of drug-likeness (QED) is 0.477. The number of aliphatic hydroxyl groups excluding tert-OH is 1. The van der Waals surface area contributed by atoms with E-state index in [0.717, 1.165) is 6.20 Å². The molecule has 1 atom stereocenters. The Morgan fingerprint density at radius 3 is 2.62 bits per heavy atom. The van der Waals surface area contributed by atoms with Crippen LogP contribution in [0.1, 0.15) is 6.92 Å². The average molecular weight is 249 g/mol. The predicted molar refractivity (Wildman–Crippen MR) is 54.6 cm³/mol. The van der Waals surface area contributed by atoms with Crippen LogP contribution in [0.2, 0.25) is 0 Å². The molecule has 0 aliphatic carbocycles. The van der Waals surface area contributed by atoms with Gasteiger partial charge in [0.2, 0.25) is 10.0 Å². The van der Waals surface area contributed by atoms with Crippen molar-refractivity contribution in [3.8, 4) is 0 Å². The number of H-pyrrole nitrogens is 2. The maximum Gasteiger partial charge on any atom is 0.325 e. The number of hydrogen-bond donors (Lipinski definition) is 4. The molecule has 0 saturated carbocycles. The molecule has 16 heavy (non-hydrogen) atoms. The summed E-state index contributed by atoms with van der Waals surface area (Å²) in [4.78, 5) is 25.1. The lowest BCUT2D eigenvalue weighted by Gasteiger charge is -2.06. The van der Waals surface area contributed by atoms with Crippen LogP contribution in [0.15, 0.2) is 20.7 Å². The molecular weight excluding hydrogens is 238 g/mol. The number of sulfonamides is 1.